The first kappa shape index (κ1) is 9.44. The number of hydrogen-bond acceptors (Lipinski definition) is 1. The van der Waals surface area contributed by atoms with Gasteiger partial charge in [0.15, 0.2) is 0 Å². The van der Waals surface area contributed by atoms with Gasteiger partial charge >= 0.3 is 0 Å². The molecule has 0 unspecified atom stereocenters. The lowest BCUT2D eigenvalue weighted by atomic mass is 10.1. The summed E-state index contributed by atoms with van der Waals surface area (Å²) in [6.07, 6.45) is 5.01. The van der Waals surface area contributed by atoms with Crippen molar-refractivity contribution in [1.29, 1.82) is 0 Å². The van der Waals surface area contributed by atoms with Crippen molar-refractivity contribution in [2.24, 2.45) is 5.92 Å². The lowest BCUT2D eigenvalue weighted by Crippen LogP contribution is -2.15. The largest absolute Gasteiger partial charge is 0.309 e. The fourth-order valence-electron chi connectivity index (χ4n) is 0.739. The van der Waals surface area contributed by atoms with Crippen LogP contribution >= 0.6 is 0 Å². The molecule has 0 aromatic rings. The van der Waals surface area contributed by atoms with Crippen LogP contribution in [0.4, 0.5) is 0 Å². The summed E-state index contributed by atoms with van der Waals surface area (Å²) in [6.45, 7) is 8.54. The van der Waals surface area contributed by atoms with Crippen molar-refractivity contribution >= 4 is 0 Å². The van der Waals surface area contributed by atoms with Crippen molar-refractivity contribution in [1.82, 2.24) is 4.90 Å². The average molecular weight is 139 g/mol. The monoisotopic (exact) mass is 139 g/mol. The topological polar surface area (TPSA) is 3.24 Å². The highest BCUT2D eigenvalue weighted by atomic mass is 15.0. The highest BCUT2D eigenvalue weighted by molar-refractivity contribution is 4.91. The summed E-state index contributed by atoms with van der Waals surface area (Å²) in [4.78, 5) is 2.17. The Morgan fingerprint density at radius 2 is 1.80 bits per heavy atom. The van der Waals surface area contributed by atoms with E-state index >= 15 is 0 Å². The summed E-state index contributed by atoms with van der Waals surface area (Å²) in [5, 5.41) is 0. The number of rotatable bonds is 5. The molecular formula is C9H17N. The zero-order chi connectivity index (χ0) is 7.98. The Morgan fingerprint density at radius 3 is 2.10 bits per heavy atom. The molecule has 0 aliphatic heterocycles. The fraction of sp³-hybridized carbons (Fsp3) is 0.556. The van der Waals surface area contributed by atoms with Gasteiger partial charge in [-0.25, -0.2) is 0 Å². The van der Waals surface area contributed by atoms with E-state index in [1.807, 2.05) is 12.2 Å². The van der Waals surface area contributed by atoms with Crippen LogP contribution in [0.3, 0.4) is 0 Å². The van der Waals surface area contributed by atoms with Crippen LogP contribution in [-0.2, 0) is 0 Å². The Balaban J connectivity index is 3.44. The predicted octanol–water partition coefficient (Wildman–Crippen LogP) is 1.93. The number of nitrogens with zero attached hydrogens (tertiary/aromatic N) is 1. The zero-order valence-electron chi connectivity index (χ0n) is 7.01. The van der Waals surface area contributed by atoms with E-state index < -0.39 is 0 Å². The predicted molar refractivity (Wildman–Crippen MR) is 47.1 cm³/mol. The Kier molecular flexibility index (Phi) is 4.95. The molecule has 58 valence electrons. The molecule has 0 bridgehead atoms. The van der Waals surface area contributed by atoms with Crippen molar-refractivity contribution in [2.75, 3.05) is 20.6 Å². The molecule has 10 heavy (non-hydrogen) atoms. The lowest BCUT2D eigenvalue weighted by Gasteiger charge is -2.11. The second-order valence-electron chi connectivity index (χ2n) is 2.73. The molecule has 0 saturated carbocycles. The van der Waals surface area contributed by atoms with Crippen molar-refractivity contribution in [3.05, 3.63) is 25.3 Å². The van der Waals surface area contributed by atoms with Gasteiger partial charge in [-0.05, 0) is 33.0 Å². The molecule has 0 heterocycles. The maximum atomic E-state index is 3.72. The molecular weight excluding hydrogens is 122 g/mol. The molecule has 1 heteroatoms. The summed E-state index contributed by atoms with van der Waals surface area (Å²) in [6, 6.07) is 0. The van der Waals surface area contributed by atoms with Gasteiger partial charge in [0.2, 0.25) is 0 Å². The minimum Gasteiger partial charge on any atom is -0.309 e. The van der Waals surface area contributed by atoms with E-state index in [2.05, 4.69) is 32.2 Å². The van der Waals surface area contributed by atoms with Crippen LogP contribution in [0.15, 0.2) is 25.3 Å². The Hall–Kier alpha value is -0.560. The zero-order valence-corrected chi connectivity index (χ0v) is 7.01. The second-order valence-corrected chi connectivity index (χ2v) is 2.73. The molecule has 0 aliphatic rings. The summed E-state index contributed by atoms with van der Waals surface area (Å²) in [5.41, 5.74) is 0. The second kappa shape index (κ2) is 5.24. The molecule has 0 aliphatic carbocycles. The third-order valence-electron chi connectivity index (χ3n) is 1.52. The van der Waals surface area contributed by atoms with Crippen molar-refractivity contribution in [2.45, 2.75) is 6.42 Å². The molecule has 0 amide bonds. The van der Waals surface area contributed by atoms with Crippen LogP contribution in [0, 0.1) is 5.92 Å². The van der Waals surface area contributed by atoms with Gasteiger partial charge in [-0.2, -0.15) is 0 Å². The summed E-state index contributed by atoms with van der Waals surface area (Å²) in [5.74, 6) is 0.474. The van der Waals surface area contributed by atoms with Gasteiger partial charge < -0.3 is 4.90 Å². The summed E-state index contributed by atoms with van der Waals surface area (Å²) >= 11 is 0. The van der Waals surface area contributed by atoms with Crippen LogP contribution < -0.4 is 0 Å². The molecule has 0 aromatic heterocycles. The molecule has 0 radical (unpaired) electrons. The quantitative estimate of drug-likeness (QED) is 0.526. The molecule has 0 spiro atoms. The van der Waals surface area contributed by atoms with Crippen molar-refractivity contribution < 1.29 is 0 Å². The average Bonchev–Trinajstić information content (AvgIpc) is 1.90. The molecule has 0 saturated heterocycles. The van der Waals surface area contributed by atoms with Gasteiger partial charge in [-0.15, -0.1) is 13.2 Å². The van der Waals surface area contributed by atoms with Gasteiger partial charge in [0.05, 0.1) is 0 Å². The van der Waals surface area contributed by atoms with Gasteiger partial charge in [-0.1, -0.05) is 12.2 Å². The highest BCUT2D eigenvalue weighted by Gasteiger charge is 1.97. The molecule has 0 atom stereocenters. The van der Waals surface area contributed by atoms with Gasteiger partial charge in [0, 0.05) is 0 Å². The van der Waals surface area contributed by atoms with Crippen molar-refractivity contribution in [3.8, 4) is 0 Å². The van der Waals surface area contributed by atoms with Gasteiger partial charge in [0.25, 0.3) is 0 Å². The third-order valence-corrected chi connectivity index (χ3v) is 1.52. The Bertz CT molecular complexity index is 97.3. The van der Waals surface area contributed by atoms with E-state index in [4.69, 9.17) is 0 Å². The first-order valence-electron chi connectivity index (χ1n) is 3.60. The first-order valence-corrected chi connectivity index (χ1v) is 3.60. The van der Waals surface area contributed by atoms with E-state index in [9.17, 15) is 0 Å². The SMILES string of the molecule is C=CC(C=C)CCN(C)C. The van der Waals surface area contributed by atoms with E-state index in [0.717, 1.165) is 13.0 Å². The van der Waals surface area contributed by atoms with Gasteiger partial charge in [0.1, 0.15) is 0 Å². The molecule has 0 rings (SSSR count). The van der Waals surface area contributed by atoms with E-state index in [1.54, 1.807) is 0 Å². The van der Waals surface area contributed by atoms with Gasteiger partial charge in [-0.3, -0.25) is 0 Å². The summed E-state index contributed by atoms with van der Waals surface area (Å²) < 4.78 is 0. The van der Waals surface area contributed by atoms with E-state index in [-0.39, 0.29) is 0 Å². The Morgan fingerprint density at radius 1 is 1.30 bits per heavy atom. The van der Waals surface area contributed by atoms with Crippen LogP contribution in [0.2, 0.25) is 0 Å². The highest BCUT2D eigenvalue weighted by Crippen LogP contribution is 2.04. The maximum Gasteiger partial charge on any atom is -0.00162 e. The van der Waals surface area contributed by atoms with E-state index in [1.165, 1.54) is 0 Å². The molecule has 1 nitrogen and oxygen atoms in total. The Labute approximate surface area is 64.0 Å². The molecule has 0 fully saturated rings. The lowest BCUT2D eigenvalue weighted by molar-refractivity contribution is 0.387. The fourth-order valence-corrected chi connectivity index (χ4v) is 0.739. The normalized spacial score (nSPS) is 10.4. The van der Waals surface area contributed by atoms with Crippen LogP contribution in [0.5, 0.6) is 0 Å². The van der Waals surface area contributed by atoms with Crippen LogP contribution in [0.1, 0.15) is 6.42 Å². The third kappa shape index (κ3) is 4.33. The maximum absolute atomic E-state index is 3.72. The summed E-state index contributed by atoms with van der Waals surface area (Å²) in [7, 11) is 4.15. The number of hydrogen-bond donors (Lipinski definition) is 0. The minimum absolute atomic E-state index is 0.474. The van der Waals surface area contributed by atoms with Crippen LogP contribution in [-0.4, -0.2) is 25.5 Å². The standard InChI is InChI=1S/C9H17N/c1-5-9(6-2)7-8-10(3)4/h5-6,9H,1-2,7-8H2,3-4H3. The van der Waals surface area contributed by atoms with Crippen LogP contribution in [0.25, 0.3) is 0 Å². The minimum atomic E-state index is 0.474. The smallest absolute Gasteiger partial charge is 0.00162 e. The number of allylic oxidation sites excluding steroid dienone is 2. The molecule has 0 aromatic carbocycles. The van der Waals surface area contributed by atoms with Crippen molar-refractivity contribution in [3.63, 3.8) is 0 Å². The first-order chi connectivity index (χ1) is 4.70. The molecule has 0 N–H and O–H groups in total. The van der Waals surface area contributed by atoms with E-state index in [0.29, 0.717) is 5.92 Å².